The zero-order chi connectivity index (χ0) is 13.4. The first-order valence-corrected chi connectivity index (χ1v) is 6.10. The summed E-state index contributed by atoms with van der Waals surface area (Å²) in [7, 11) is 0. The van der Waals surface area contributed by atoms with Crippen LogP contribution in [-0.4, -0.2) is 37.1 Å². The number of rotatable bonds is 6. The van der Waals surface area contributed by atoms with E-state index in [4.69, 9.17) is 10.00 Å². The van der Waals surface area contributed by atoms with E-state index in [0.29, 0.717) is 37.4 Å². The third kappa shape index (κ3) is 3.86. The highest BCUT2D eigenvalue weighted by molar-refractivity contribution is 5.94. The molecule has 4 nitrogen and oxygen atoms in total. The molecule has 0 radical (unpaired) electrons. The van der Waals surface area contributed by atoms with Crippen LogP contribution in [0.4, 0.5) is 0 Å². The lowest BCUT2D eigenvalue weighted by atomic mass is 10.1. The van der Waals surface area contributed by atoms with Gasteiger partial charge in [-0.2, -0.15) is 5.26 Å². The van der Waals surface area contributed by atoms with Crippen molar-refractivity contribution in [2.24, 2.45) is 0 Å². The quantitative estimate of drug-likeness (QED) is 0.722. The molecule has 0 aliphatic carbocycles. The molecule has 0 heterocycles. The Hall–Kier alpha value is -1.86. The molecule has 4 heteroatoms. The number of carbonyl (C=O) groups excluding carboxylic acids is 1. The first-order valence-electron chi connectivity index (χ1n) is 6.10. The first-order chi connectivity index (χ1) is 8.72. The standard InChI is InChI=1S/C14H18N2O2/c1-3-16(8-9-18-4-2)14(17)13-7-5-6-12(10-13)11-15/h5-7,10H,3-4,8-9H2,1-2H3. The molecule has 0 aromatic heterocycles. The second-order valence-electron chi connectivity index (χ2n) is 3.77. The largest absolute Gasteiger partial charge is 0.380 e. The van der Waals surface area contributed by atoms with Crippen molar-refractivity contribution < 1.29 is 9.53 Å². The van der Waals surface area contributed by atoms with E-state index in [-0.39, 0.29) is 5.91 Å². The second-order valence-corrected chi connectivity index (χ2v) is 3.77. The average Bonchev–Trinajstić information content (AvgIpc) is 2.43. The first kappa shape index (κ1) is 14.2. The summed E-state index contributed by atoms with van der Waals surface area (Å²) in [6.45, 7) is 6.23. The van der Waals surface area contributed by atoms with E-state index in [9.17, 15) is 4.79 Å². The van der Waals surface area contributed by atoms with Crippen molar-refractivity contribution in [3.63, 3.8) is 0 Å². The number of nitriles is 1. The minimum absolute atomic E-state index is 0.0608. The van der Waals surface area contributed by atoms with Crippen molar-refractivity contribution in [1.29, 1.82) is 5.26 Å². The fourth-order valence-corrected chi connectivity index (χ4v) is 1.63. The molecule has 1 amide bonds. The molecule has 0 saturated heterocycles. The summed E-state index contributed by atoms with van der Waals surface area (Å²) in [6.07, 6.45) is 0. The van der Waals surface area contributed by atoms with Crippen LogP contribution in [0.5, 0.6) is 0 Å². The highest BCUT2D eigenvalue weighted by atomic mass is 16.5. The van der Waals surface area contributed by atoms with Crippen LogP contribution in [0.2, 0.25) is 0 Å². The van der Waals surface area contributed by atoms with Crippen molar-refractivity contribution in [3.8, 4) is 6.07 Å². The van der Waals surface area contributed by atoms with E-state index in [0.717, 1.165) is 0 Å². The van der Waals surface area contributed by atoms with Gasteiger partial charge in [0.15, 0.2) is 0 Å². The maximum Gasteiger partial charge on any atom is 0.253 e. The predicted octanol–water partition coefficient (Wildman–Crippen LogP) is 2.06. The van der Waals surface area contributed by atoms with E-state index in [1.807, 2.05) is 19.9 Å². The predicted molar refractivity (Wildman–Crippen MR) is 69.2 cm³/mol. The molecule has 1 aromatic carbocycles. The SMILES string of the molecule is CCOCCN(CC)C(=O)c1cccc(C#N)c1. The smallest absolute Gasteiger partial charge is 0.253 e. The number of hydrogen-bond donors (Lipinski definition) is 0. The minimum Gasteiger partial charge on any atom is -0.380 e. The van der Waals surface area contributed by atoms with Gasteiger partial charge < -0.3 is 9.64 Å². The van der Waals surface area contributed by atoms with Gasteiger partial charge in [0.25, 0.3) is 5.91 Å². The van der Waals surface area contributed by atoms with Gasteiger partial charge in [-0.05, 0) is 32.0 Å². The molecule has 0 aliphatic rings. The molecule has 0 fully saturated rings. The summed E-state index contributed by atoms with van der Waals surface area (Å²) in [6, 6.07) is 8.79. The summed E-state index contributed by atoms with van der Waals surface area (Å²) in [4.78, 5) is 13.9. The van der Waals surface area contributed by atoms with Crippen LogP contribution < -0.4 is 0 Å². The third-order valence-corrected chi connectivity index (χ3v) is 2.62. The summed E-state index contributed by atoms with van der Waals surface area (Å²) in [5.74, 6) is -0.0608. The van der Waals surface area contributed by atoms with Crippen molar-refractivity contribution in [3.05, 3.63) is 35.4 Å². The third-order valence-electron chi connectivity index (χ3n) is 2.62. The Balaban J connectivity index is 2.73. The van der Waals surface area contributed by atoms with E-state index < -0.39 is 0 Å². The molecule has 0 aliphatic heterocycles. The van der Waals surface area contributed by atoms with Crippen LogP contribution in [0, 0.1) is 11.3 Å². The Morgan fingerprint density at radius 1 is 1.44 bits per heavy atom. The highest BCUT2D eigenvalue weighted by Crippen LogP contribution is 2.08. The molecule has 0 saturated carbocycles. The van der Waals surface area contributed by atoms with Gasteiger partial charge in [-0.25, -0.2) is 0 Å². The molecule has 0 N–H and O–H groups in total. The van der Waals surface area contributed by atoms with E-state index in [2.05, 4.69) is 0 Å². The van der Waals surface area contributed by atoms with E-state index >= 15 is 0 Å². The lowest BCUT2D eigenvalue weighted by molar-refractivity contribution is 0.0669. The molecular formula is C14H18N2O2. The lowest BCUT2D eigenvalue weighted by Gasteiger charge is -2.20. The summed E-state index contributed by atoms with van der Waals surface area (Å²) in [5, 5.41) is 8.82. The van der Waals surface area contributed by atoms with Crippen LogP contribution in [0.1, 0.15) is 29.8 Å². The molecule has 0 bridgehead atoms. The molecule has 0 spiro atoms. The molecule has 0 atom stereocenters. The van der Waals surface area contributed by atoms with Crippen LogP contribution in [0.25, 0.3) is 0 Å². The van der Waals surface area contributed by atoms with Crippen molar-refractivity contribution in [1.82, 2.24) is 4.90 Å². The monoisotopic (exact) mass is 246 g/mol. The Morgan fingerprint density at radius 3 is 2.83 bits per heavy atom. The lowest BCUT2D eigenvalue weighted by Crippen LogP contribution is -2.33. The van der Waals surface area contributed by atoms with Gasteiger partial charge in [-0.3, -0.25) is 4.79 Å². The van der Waals surface area contributed by atoms with Crippen molar-refractivity contribution in [2.75, 3.05) is 26.3 Å². The van der Waals surface area contributed by atoms with Crippen LogP contribution in [0.15, 0.2) is 24.3 Å². The zero-order valence-electron chi connectivity index (χ0n) is 10.8. The number of nitrogens with zero attached hydrogens (tertiary/aromatic N) is 2. The van der Waals surface area contributed by atoms with Gasteiger partial charge in [0.2, 0.25) is 0 Å². The molecule has 1 aromatic rings. The van der Waals surface area contributed by atoms with Crippen molar-refractivity contribution >= 4 is 5.91 Å². The summed E-state index contributed by atoms with van der Waals surface area (Å²) in [5.41, 5.74) is 1.05. The number of benzene rings is 1. The Kier molecular flexibility index (Phi) is 5.89. The Labute approximate surface area is 108 Å². The number of ether oxygens (including phenoxy) is 1. The topological polar surface area (TPSA) is 53.3 Å². The van der Waals surface area contributed by atoms with Gasteiger partial charge in [0, 0.05) is 25.3 Å². The maximum atomic E-state index is 12.2. The summed E-state index contributed by atoms with van der Waals surface area (Å²) >= 11 is 0. The van der Waals surface area contributed by atoms with E-state index in [1.54, 1.807) is 29.2 Å². The number of amides is 1. The highest BCUT2D eigenvalue weighted by Gasteiger charge is 2.13. The number of hydrogen-bond acceptors (Lipinski definition) is 3. The molecule has 18 heavy (non-hydrogen) atoms. The number of carbonyl (C=O) groups is 1. The van der Waals surface area contributed by atoms with Gasteiger partial charge in [0.1, 0.15) is 0 Å². The van der Waals surface area contributed by atoms with Crippen LogP contribution in [-0.2, 0) is 4.74 Å². The Morgan fingerprint density at radius 2 is 2.22 bits per heavy atom. The number of likely N-dealkylation sites (N-methyl/N-ethyl adjacent to an activating group) is 1. The van der Waals surface area contributed by atoms with Gasteiger partial charge in [0.05, 0.1) is 18.2 Å². The second kappa shape index (κ2) is 7.46. The molecule has 0 unspecified atom stereocenters. The zero-order valence-corrected chi connectivity index (χ0v) is 10.8. The normalized spacial score (nSPS) is 9.83. The maximum absolute atomic E-state index is 12.2. The van der Waals surface area contributed by atoms with Gasteiger partial charge in [-0.15, -0.1) is 0 Å². The fourth-order valence-electron chi connectivity index (χ4n) is 1.63. The van der Waals surface area contributed by atoms with E-state index in [1.165, 1.54) is 0 Å². The van der Waals surface area contributed by atoms with Gasteiger partial charge >= 0.3 is 0 Å². The fraction of sp³-hybridized carbons (Fsp3) is 0.429. The van der Waals surface area contributed by atoms with Gasteiger partial charge in [-0.1, -0.05) is 6.07 Å². The molecule has 96 valence electrons. The Bertz CT molecular complexity index is 438. The van der Waals surface area contributed by atoms with Crippen molar-refractivity contribution in [2.45, 2.75) is 13.8 Å². The average molecular weight is 246 g/mol. The summed E-state index contributed by atoms with van der Waals surface area (Å²) < 4.78 is 5.25. The minimum atomic E-state index is -0.0608. The molecular weight excluding hydrogens is 228 g/mol. The van der Waals surface area contributed by atoms with Crippen LogP contribution >= 0.6 is 0 Å². The molecule has 1 rings (SSSR count). The van der Waals surface area contributed by atoms with Crippen LogP contribution in [0.3, 0.4) is 0 Å².